The van der Waals surface area contributed by atoms with Gasteiger partial charge in [0.15, 0.2) is 0 Å². The van der Waals surface area contributed by atoms with Crippen molar-refractivity contribution in [3.05, 3.63) is 71.4 Å². The molecule has 174 valence electrons. The Hall–Kier alpha value is -2.72. The zero-order valence-corrected chi connectivity index (χ0v) is 19.6. The molecule has 1 amide bonds. The van der Waals surface area contributed by atoms with Crippen LogP contribution in [-0.2, 0) is 26.0 Å². The summed E-state index contributed by atoms with van der Waals surface area (Å²) in [6.07, 6.45) is 1.89. The minimum atomic E-state index is -3.43. The number of carbonyl (C=O) groups is 1. The lowest BCUT2D eigenvalue weighted by Gasteiger charge is -2.26. The van der Waals surface area contributed by atoms with Crippen molar-refractivity contribution < 1.29 is 17.9 Å². The van der Waals surface area contributed by atoms with Gasteiger partial charge >= 0.3 is 0 Å². The number of morpholine rings is 1. The summed E-state index contributed by atoms with van der Waals surface area (Å²) in [4.78, 5) is 12.7. The molecule has 0 aliphatic carbocycles. The second-order valence-electron chi connectivity index (χ2n) is 7.64. The molecule has 8 nitrogen and oxygen atoms in total. The number of amides is 1. The maximum atomic E-state index is 12.7. The second-order valence-corrected chi connectivity index (χ2v) is 10.2. The first-order valence-corrected chi connectivity index (χ1v) is 12.6. The molecule has 1 aliphatic rings. The molecule has 2 heterocycles. The Morgan fingerprint density at radius 1 is 1.06 bits per heavy atom. The molecule has 1 saturated heterocycles. The highest BCUT2D eigenvalue weighted by Gasteiger charge is 2.24. The Kier molecular flexibility index (Phi) is 7.44. The van der Waals surface area contributed by atoms with Crippen LogP contribution in [-0.4, -0.2) is 67.0 Å². The number of carbonyl (C=O) groups excluding carboxylic acids is 1. The van der Waals surface area contributed by atoms with E-state index in [1.54, 1.807) is 16.8 Å². The van der Waals surface area contributed by atoms with Gasteiger partial charge in [-0.15, -0.1) is 0 Å². The SMILES string of the molecule is O=C(Cc1cn(-c2ccccc2)nc1-c1ccc(Cl)cc1)NCCS(=O)(=O)N1CCOCC1. The molecular formula is C23H25ClN4O4S. The third kappa shape index (κ3) is 6.00. The summed E-state index contributed by atoms with van der Waals surface area (Å²) in [5.41, 5.74) is 3.11. The highest BCUT2D eigenvalue weighted by atomic mass is 35.5. The standard InChI is InChI=1S/C23H25ClN4O4S/c24-20-8-6-18(7-9-20)23-19(17-28(26-23)21-4-2-1-3-5-21)16-22(29)25-10-15-33(30,31)27-11-13-32-14-12-27/h1-9,17H,10-16H2,(H,25,29). The van der Waals surface area contributed by atoms with Gasteiger partial charge in [0.25, 0.3) is 0 Å². The minimum Gasteiger partial charge on any atom is -0.379 e. The van der Waals surface area contributed by atoms with Gasteiger partial charge in [0.05, 0.1) is 36.8 Å². The van der Waals surface area contributed by atoms with Gasteiger partial charge in [-0.25, -0.2) is 13.1 Å². The molecule has 0 radical (unpaired) electrons. The number of rotatable bonds is 8. The smallest absolute Gasteiger partial charge is 0.224 e. The molecule has 1 aliphatic heterocycles. The molecule has 0 spiro atoms. The lowest BCUT2D eigenvalue weighted by molar-refractivity contribution is -0.120. The third-order valence-corrected chi connectivity index (χ3v) is 7.45. The number of nitrogens with one attached hydrogen (secondary N) is 1. The summed E-state index contributed by atoms with van der Waals surface area (Å²) in [6.45, 7) is 1.52. The van der Waals surface area contributed by atoms with Crippen LogP contribution in [0.4, 0.5) is 0 Å². The third-order valence-electron chi connectivity index (χ3n) is 5.33. The van der Waals surface area contributed by atoms with E-state index in [-0.39, 0.29) is 24.6 Å². The van der Waals surface area contributed by atoms with E-state index in [0.29, 0.717) is 37.0 Å². The maximum Gasteiger partial charge on any atom is 0.224 e. The minimum absolute atomic E-state index is 0.0433. The van der Waals surface area contributed by atoms with Crippen LogP contribution < -0.4 is 5.32 Å². The van der Waals surface area contributed by atoms with Gasteiger partial charge in [0.2, 0.25) is 15.9 Å². The Morgan fingerprint density at radius 3 is 2.45 bits per heavy atom. The number of sulfonamides is 1. The van der Waals surface area contributed by atoms with Crippen LogP contribution in [0.3, 0.4) is 0 Å². The lowest BCUT2D eigenvalue weighted by atomic mass is 10.1. The predicted molar refractivity (Wildman–Crippen MR) is 127 cm³/mol. The van der Waals surface area contributed by atoms with Gasteiger partial charge < -0.3 is 10.1 Å². The first kappa shape index (κ1) is 23.4. The monoisotopic (exact) mass is 488 g/mol. The van der Waals surface area contributed by atoms with Crippen LogP contribution in [0.2, 0.25) is 5.02 Å². The molecule has 0 saturated carbocycles. The quantitative estimate of drug-likeness (QED) is 0.526. The molecular weight excluding hydrogens is 464 g/mol. The molecule has 0 unspecified atom stereocenters. The van der Waals surface area contributed by atoms with Crippen LogP contribution in [0.5, 0.6) is 0 Å². The Morgan fingerprint density at radius 2 is 1.76 bits per heavy atom. The van der Waals surface area contributed by atoms with Crippen LogP contribution in [0.25, 0.3) is 16.9 Å². The van der Waals surface area contributed by atoms with E-state index in [9.17, 15) is 13.2 Å². The first-order valence-electron chi connectivity index (χ1n) is 10.6. The fraction of sp³-hybridized carbons (Fsp3) is 0.304. The topological polar surface area (TPSA) is 93.5 Å². The van der Waals surface area contributed by atoms with E-state index < -0.39 is 10.0 Å². The summed E-state index contributed by atoms with van der Waals surface area (Å²) >= 11 is 6.03. The van der Waals surface area contributed by atoms with Gasteiger partial charge in [-0.1, -0.05) is 41.9 Å². The number of benzene rings is 2. The number of hydrogen-bond acceptors (Lipinski definition) is 5. The molecule has 33 heavy (non-hydrogen) atoms. The number of halogens is 1. The molecule has 4 rings (SSSR count). The van der Waals surface area contributed by atoms with Gasteiger partial charge in [0, 0.05) is 42.0 Å². The van der Waals surface area contributed by atoms with E-state index in [0.717, 1.165) is 16.8 Å². The number of hydrogen-bond donors (Lipinski definition) is 1. The van der Waals surface area contributed by atoms with E-state index in [1.165, 1.54) is 4.31 Å². The van der Waals surface area contributed by atoms with E-state index in [1.807, 2.05) is 48.7 Å². The molecule has 3 aromatic rings. The molecule has 1 N–H and O–H groups in total. The van der Waals surface area contributed by atoms with Gasteiger partial charge in [-0.3, -0.25) is 4.79 Å². The fourth-order valence-corrected chi connectivity index (χ4v) is 5.06. The largest absolute Gasteiger partial charge is 0.379 e. The molecule has 10 heteroatoms. The Balaban J connectivity index is 1.46. The zero-order chi connectivity index (χ0) is 23.3. The van der Waals surface area contributed by atoms with Crippen molar-refractivity contribution in [3.8, 4) is 16.9 Å². The predicted octanol–water partition coefficient (Wildman–Crippen LogP) is 2.51. The highest BCUT2D eigenvalue weighted by molar-refractivity contribution is 7.89. The number of para-hydroxylation sites is 1. The van der Waals surface area contributed by atoms with Gasteiger partial charge in [-0.05, 0) is 24.3 Å². The average Bonchev–Trinajstić information content (AvgIpc) is 3.24. The van der Waals surface area contributed by atoms with Crippen molar-refractivity contribution in [2.45, 2.75) is 6.42 Å². The van der Waals surface area contributed by atoms with Gasteiger partial charge in [-0.2, -0.15) is 9.40 Å². The highest BCUT2D eigenvalue weighted by Crippen LogP contribution is 2.25. The number of aromatic nitrogens is 2. The summed E-state index contributed by atoms with van der Waals surface area (Å²) in [5.74, 6) is -0.415. The van der Waals surface area contributed by atoms with Crippen LogP contribution >= 0.6 is 11.6 Å². The molecule has 0 bridgehead atoms. The molecule has 2 aromatic carbocycles. The maximum absolute atomic E-state index is 12.7. The lowest BCUT2D eigenvalue weighted by Crippen LogP contribution is -2.43. The molecule has 1 aromatic heterocycles. The number of nitrogens with zero attached hydrogens (tertiary/aromatic N) is 3. The normalized spacial score (nSPS) is 14.8. The van der Waals surface area contributed by atoms with Crippen molar-refractivity contribution in [2.75, 3.05) is 38.6 Å². The van der Waals surface area contributed by atoms with E-state index in [2.05, 4.69) is 5.32 Å². The zero-order valence-electron chi connectivity index (χ0n) is 18.0. The van der Waals surface area contributed by atoms with Crippen LogP contribution in [0.1, 0.15) is 5.56 Å². The first-order chi connectivity index (χ1) is 15.9. The van der Waals surface area contributed by atoms with E-state index in [4.69, 9.17) is 21.4 Å². The van der Waals surface area contributed by atoms with Crippen molar-refractivity contribution in [3.63, 3.8) is 0 Å². The number of ether oxygens (including phenoxy) is 1. The van der Waals surface area contributed by atoms with Crippen molar-refractivity contribution in [2.24, 2.45) is 0 Å². The van der Waals surface area contributed by atoms with Gasteiger partial charge in [0.1, 0.15) is 0 Å². The van der Waals surface area contributed by atoms with Crippen molar-refractivity contribution >= 4 is 27.5 Å². The van der Waals surface area contributed by atoms with Crippen LogP contribution in [0, 0.1) is 0 Å². The van der Waals surface area contributed by atoms with E-state index >= 15 is 0 Å². The Labute approximate surface area is 198 Å². The average molecular weight is 489 g/mol. The second kappa shape index (κ2) is 10.5. The summed E-state index contributed by atoms with van der Waals surface area (Å²) in [6, 6.07) is 16.9. The molecule has 0 atom stereocenters. The van der Waals surface area contributed by atoms with Crippen LogP contribution in [0.15, 0.2) is 60.8 Å². The Bertz CT molecular complexity index is 1190. The summed E-state index contributed by atoms with van der Waals surface area (Å²) in [5, 5.41) is 8.04. The summed E-state index contributed by atoms with van der Waals surface area (Å²) < 4.78 is 33.2. The summed E-state index contributed by atoms with van der Waals surface area (Å²) in [7, 11) is -3.43. The van der Waals surface area contributed by atoms with Crippen molar-refractivity contribution in [1.82, 2.24) is 19.4 Å². The fourth-order valence-electron chi connectivity index (χ4n) is 3.61. The van der Waals surface area contributed by atoms with Crippen molar-refractivity contribution in [1.29, 1.82) is 0 Å². The molecule has 1 fully saturated rings.